The van der Waals surface area contributed by atoms with Gasteiger partial charge in [-0.1, -0.05) is 25.1 Å². The van der Waals surface area contributed by atoms with Crippen molar-refractivity contribution in [2.75, 3.05) is 13.1 Å². The number of nitrogens with two attached hydrogens (primary N) is 1. The molecule has 2 aromatic rings. The van der Waals surface area contributed by atoms with E-state index in [1.54, 1.807) is 12.1 Å². The Labute approximate surface area is 149 Å². The lowest BCUT2D eigenvalue weighted by Gasteiger charge is -2.35. The van der Waals surface area contributed by atoms with Gasteiger partial charge >= 0.3 is 0 Å². The highest BCUT2D eigenvalue weighted by molar-refractivity contribution is 5.85. The molecule has 1 aliphatic rings. The predicted octanol–water partition coefficient (Wildman–Crippen LogP) is 4.21. The van der Waals surface area contributed by atoms with Crippen molar-refractivity contribution in [3.63, 3.8) is 0 Å². The number of nitrogens with zero attached hydrogens (tertiary/aromatic N) is 1. The first-order chi connectivity index (χ1) is 11.1. The van der Waals surface area contributed by atoms with Gasteiger partial charge in [0, 0.05) is 25.2 Å². The van der Waals surface area contributed by atoms with Gasteiger partial charge in [0.25, 0.3) is 0 Å². The van der Waals surface area contributed by atoms with Crippen molar-refractivity contribution in [3.05, 3.63) is 59.9 Å². The molecule has 0 saturated carbocycles. The zero-order valence-electron chi connectivity index (χ0n) is 13.8. The van der Waals surface area contributed by atoms with E-state index in [0.717, 1.165) is 26.1 Å². The van der Waals surface area contributed by atoms with Crippen molar-refractivity contribution in [1.29, 1.82) is 0 Å². The van der Waals surface area contributed by atoms with Gasteiger partial charge in [0.05, 0.1) is 0 Å². The first kappa shape index (κ1) is 18.7. The fourth-order valence-electron chi connectivity index (χ4n) is 2.98. The Hall–Kier alpha value is -1.62. The molecule has 2 unspecified atom stereocenters. The lowest BCUT2D eigenvalue weighted by molar-refractivity contribution is 0.158. The van der Waals surface area contributed by atoms with E-state index >= 15 is 0 Å². The van der Waals surface area contributed by atoms with Crippen LogP contribution in [0.5, 0.6) is 11.5 Å². The van der Waals surface area contributed by atoms with Crippen molar-refractivity contribution in [2.45, 2.75) is 25.9 Å². The Bertz CT molecular complexity index is 650. The van der Waals surface area contributed by atoms with Crippen LogP contribution in [0, 0.1) is 11.7 Å². The minimum absolute atomic E-state index is 0. The minimum Gasteiger partial charge on any atom is -0.457 e. The average Bonchev–Trinajstić information content (AvgIpc) is 2.53. The number of hydrogen-bond donors (Lipinski definition) is 1. The maximum atomic E-state index is 13.2. The highest BCUT2D eigenvalue weighted by Crippen LogP contribution is 2.23. The highest BCUT2D eigenvalue weighted by atomic mass is 35.5. The summed E-state index contributed by atoms with van der Waals surface area (Å²) in [6, 6.07) is 14.5. The van der Waals surface area contributed by atoms with E-state index in [2.05, 4.69) is 24.0 Å². The number of halogens is 2. The highest BCUT2D eigenvalue weighted by Gasteiger charge is 2.22. The molecule has 0 amide bonds. The number of ether oxygens (including phenoxy) is 1. The summed E-state index contributed by atoms with van der Waals surface area (Å²) in [5.74, 6) is 1.47. The lowest BCUT2D eigenvalue weighted by Crippen LogP contribution is -2.45. The number of hydrogen-bond acceptors (Lipinski definition) is 3. The van der Waals surface area contributed by atoms with E-state index in [1.165, 1.54) is 17.7 Å². The van der Waals surface area contributed by atoms with Crippen LogP contribution in [0.1, 0.15) is 18.9 Å². The van der Waals surface area contributed by atoms with Gasteiger partial charge in [0.1, 0.15) is 17.3 Å². The number of likely N-dealkylation sites (tertiary alicyclic amines) is 1. The molecule has 2 N–H and O–H groups in total. The first-order valence-corrected chi connectivity index (χ1v) is 8.10. The average molecular weight is 351 g/mol. The molecular formula is C19H24ClFN2O. The topological polar surface area (TPSA) is 38.5 Å². The van der Waals surface area contributed by atoms with Crippen LogP contribution >= 0.6 is 12.4 Å². The third-order valence-electron chi connectivity index (χ3n) is 4.42. The van der Waals surface area contributed by atoms with Crippen molar-refractivity contribution in [2.24, 2.45) is 11.7 Å². The Morgan fingerprint density at radius 2 is 1.92 bits per heavy atom. The summed E-state index contributed by atoms with van der Waals surface area (Å²) in [5.41, 5.74) is 7.32. The second kappa shape index (κ2) is 8.47. The quantitative estimate of drug-likeness (QED) is 0.897. The van der Waals surface area contributed by atoms with Crippen molar-refractivity contribution in [1.82, 2.24) is 4.90 Å². The molecule has 24 heavy (non-hydrogen) atoms. The molecule has 2 aromatic carbocycles. The molecule has 3 rings (SSSR count). The molecular weight excluding hydrogens is 327 g/mol. The molecule has 2 atom stereocenters. The van der Waals surface area contributed by atoms with Gasteiger partial charge < -0.3 is 10.5 Å². The Morgan fingerprint density at radius 1 is 1.17 bits per heavy atom. The third kappa shape index (κ3) is 4.94. The van der Waals surface area contributed by atoms with Gasteiger partial charge in [0.2, 0.25) is 0 Å². The van der Waals surface area contributed by atoms with Crippen LogP contribution in [0.25, 0.3) is 0 Å². The molecule has 0 bridgehead atoms. The van der Waals surface area contributed by atoms with Gasteiger partial charge in [-0.3, -0.25) is 4.90 Å². The van der Waals surface area contributed by atoms with E-state index < -0.39 is 0 Å². The van der Waals surface area contributed by atoms with Crippen LogP contribution in [0.15, 0.2) is 48.5 Å². The van der Waals surface area contributed by atoms with Crippen LogP contribution < -0.4 is 10.5 Å². The fourth-order valence-corrected chi connectivity index (χ4v) is 2.98. The largest absolute Gasteiger partial charge is 0.457 e. The van der Waals surface area contributed by atoms with E-state index in [-0.39, 0.29) is 18.2 Å². The second-order valence-electron chi connectivity index (χ2n) is 6.37. The summed E-state index contributed by atoms with van der Waals surface area (Å²) in [6.45, 7) is 5.24. The summed E-state index contributed by atoms with van der Waals surface area (Å²) in [4.78, 5) is 2.44. The fraction of sp³-hybridized carbons (Fsp3) is 0.368. The molecule has 3 nitrogen and oxygen atoms in total. The van der Waals surface area contributed by atoms with Crippen molar-refractivity contribution in [3.8, 4) is 11.5 Å². The molecule has 1 fully saturated rings. The van der Waals surface area contributed by atoms with Gasteiger partial charge in [-0.15, -0.1) is 12.4 Å². The lowest BCUT2D eigenvalue weighted by atomic mass is 9.94. The maximum Gasteiger partial charge on any atom is 0.130 e. The second-order valence-corrected chi connectivity index (χ2v) is 6.37. The van der Waals surface area contributed by atoms with Gasteiger partial charge in [-0.05, 0) is 48.7 Å². The summed E-state index contributed by atoms with van der Waals surface area (Å²) in [5, 5.41) is 0. The molecule has 1 aliphatic heterocycles. The van der Waals surface area contributed by atoms with Crippen LogP contribution in [0.3, 0.4) is 0 Å². The molecule has 1 heterocycles. The Morgan fingerprint density at radius 3 is 2.58 bits per heavy atom. The van der Waals surface area contributed by atoms with Crippen LogP contribution in [-0.4, -0.2) is 24.0 Å². The maximum absolute atomic E-state index is 13.2. The Balaban J connectivity index is 0.00000208. The zero-order chi connectivity index (χ0) is 16.2. The summed E-state index contributed by atoms with van der Waals surface area (Å²) >= 11 is 0. The number of benzene rings is 2. The monoisotopic (exact) mass is 350 g/mol. The van der Waals surface area contributed by atoms with E-state index in [0.29, 0.717) is 23.5 Å². The van der Waals surface area contributed by atoms with Gasteiger partial charge in [-0.2, -0.15) is 0 Å². The van der Waals surface area contributed by atoms with Crippen molar-refractivity contribution >= 4 is 12.4 Å². The zero-order valence-corrected chi connectivity index (χ0v) is 14.6. The first-order valence-electron chi connectivity index (χ1n) is 8.10. The normalized spacial score (nSPS) is 21.1. The summed E-state index contributed by atoms with van der Waals surface area (Å²) in [7, 11) is 0. The number of rotatable bonds is 4. The SMILES string of the molecule is CC1CN(Cc2ccc(Oc3cccc(F)c3)cc2)CCC1N.Cl. The molecule has 1 saturated heterocycles. The standard InChI is InChI=1S/C19H23FN2O.ClH/c1-14-12-22(10-9-19(14)21)13-15-5-7-17(8-6-15)23-18-4-2-3-16(20)11-18;/h2-8,11,14,19H,9-10,12-13,21H2,1H3;1H. The van der Waals surface area contributed by atoms with Gasteiger partial charge in [-0.25, -0.2) is 4.39 Å². The number of piperidine rings is 1. The van der Waals surface area contributed by atoms with Crippen LogP contribution in [0.4, 0.5) is 4.39 Å². The molecule has 0 spiro atoms. The van der Waals surface area contributed by atoms with E-state index in [4.69, 9.17) is 10.5 Å². The smallest absolute Gasteiger partial charge is 0.130 e. The molecule has 0 radical (unpaired) electrons. The molecule has 130 valence electrons. The van der Waals surface area contributed by atoms with Gasteiger partial charge in [0.15, 0.2) is 0 Å². The summed E-state index contributed by atoms with van der Waals surface area (Å²) < 4.78 is 18.8. The van der Waals surface area contributed by atoms with Crippen molar-refractivity contribution < 1.29 is 9.13 Å². The minimum atomic E-state index is -0.295. The van der Waals surface area contributed by atoms with E-state index in [9.17, 15) is 4.39 Å². The van der Waals surface area contributed by atoms with Crippen LogP contribution in [0.2, 0.25) is 0 Å². The molecule has 0 aliphatic carbocycles. The molecule has 0 aromatic heterocycles. The van der Waals surface area contributed by atoms with Crippen LogP contribution in [-0.2, 0) is 6.54 Å². The third-order valence-corrected chi connectivity index (χ3v) is 4.42. The molecule has 5 heteroatoms. The predicted molar refractivity (Wildman–Crippen MR) is 97.2 cm³/mol. The summed E-state index contributed by atoms with van der Waals surface area (Å²) in [6.07, 6.45) is 1.06. The Kier molecular flexibility index (Phi) is 6.60. The van der Waals surface area contributed by atoms with E-state index in [1.807, 2.05) is 12.1 Å².